The lowest BCUT2D eigenvalue weighted by Crippen LogP contribution is -2.42. The molecule has 3 aliphatic carbocycles. The van der Waals surface area contributed by atoms with Crippen LogP contribution in [0.15, 0.2) is 48.0 Å². The number of aryl methyl sites for hydroxylation is 1. The topological polar surface area (TPSA) is 101 Å². The van der Waals surface area contributed by atoms with Crippen molar-refractivity contribution in [3.63, 3.8) is 0 Å². The number of carbonyl (C=O) groups excluding carboxylic acids is 2. The van der Waals surface area contributed by atoms with E-state index in [1.165, 1.54) is 11.1 Å². The van der Waals surface area contributed by atoms with Gasteiger partial charge in [0.25, 0.3) is 0 Å². The van der Waals surface area contributed by atoms with E-state index in [9.17, 15) is 19.8 Å². The van der Waals surface area contributed by atoms with E-state index >= 15 is 0 Å². The van der Waals surface area contributed by atoms with Gasteiger partial charge in [0.05, 0.1) is 0 Å². The molecule has 0 bridgehead atoms. The first-order chi connectivity index (χ1) is 15.3. The quantitative estimate of drug-likeness (QED) is 0.507. The number of hydrogen-bond acceptors (Lipinski definition) is 4. The number of ketones is 1. The average Bonchev–Trinajstić information content (AvgIpc) is 3.03. The molecule has 2 aromatic rings. The second-order valence-corrected chi connectivity index (χ2v) is 9.90. The van der Waals surface area contributed by atoms with Crippen molar-refractivity contribution in [2.75, 3.05) is 0 Å². The molecule has 0 unspecified atom stereocenters. The predicted octanol–water partition coefficient (Wildman–Crippen LogP) is 3.89. The summed E-state index contributed by atoms with van der Waals surface area (Å²) in [6.45, 7) is 2.14. The van der Waals surface area contributed by atoms with Gasteiger partial charge in [-0.3, -0.25) is 9.59 Å². The monoisotopic (exact) mass is 431 g/mol. The normalized spacial score (nSPS) is 30.2. The smallest absolute Gasteiger partial charge is 0.248 e. The van der Waals surface area contributed by atoms with Crippen LogP contribution in [0.2, 0.25) is 0 Å². The number of allylic oxidation sites excluding steroid dienone is 1. The van der Waals surface area contributed by atoms with Crippen molar-refractivity contribution in [2.24, 2.45) is 23.0 Å². The Hall–Kier alpha value is -2.76. The fraction of sp³-hybridized carbons (Fsp3) is 0.407. The van der Waals surface area contributed by atoms with Crippen LogP contribution in [0.3, 0.4) is 0 Å². The summed E-state index contributed by atoms with van der Waals surface area (Å²) in [4.78, 5) is 25.0. The molecule has 32 heavy (non-hydrogen) atoms. The van der Waals surface area contributed by atoms with Crippen LogP contribution in [-0.4, -0.2) is 21.9 Å². The average molecular weight is 432 g/mol. The zero-order chi connectivity index (χ0) is 22.6. The van der Waals surface area contributed by atoms with Gasteiger partial charge < -0.3 is 15.9 Å². The Kier molecular flexibility index (Phi) is 5.06. The molecule has 5 nitrogen and oxygen atoms in total. The molecular weight excluding hydrogens is 402 g/mol. The van der Waals surface area contributed by atoms with E-state index in [-0.39, 0.29) is 11.2 Å². The van der Waals surface area contributed by atoms with Crippen molar-refractivity contribution in [2.45, 2.75) is 51.2 Å². The SMILES string of the molecule is C[C@]12CC[C@@H]3c4ccc(C(O)O)cc4CC[C@H]3[C@@H]1C/C(=C\c1cccc(C(N)=O)c1)C2=O. The number of aliphatic hydroxyl groups is 2. The fourth-order valence-electron chi connectivity index (χ4n) is 6.55. The minimum absolute atomic E-state index is 0.245. The second-order valence-electron chi connectivity index (χ2n) is 9.90. The van der Waals surface area contributed by atoms with Gasteiger partial charge in [-0.15, -0.1) is 0 Å². The predicted molar refractivity (Wildman–Crippen MR) is 122 cm³/mol. The number of rotatable bonds is 3. The molecule has 0 aliphatic heterocycles. The van der Waals surface area contributed by atoms with Crippen molar-refractivity contribution in [3.8, 4) is 0 Å². The number of fused-ring (bicyclic) bond motifs is 5. The van der Waals surface area contributed by atoms with E-state index < -0.39 is 12.2 Å². The summed E-state index contributed by atoms with van der Waals surface area (Å²) in [7, 11) is 0. The number of hydrogen-bond donors (Lipinski definition) is 3. The Bertz CT molecular complexity index is 1130. The number of benzene rings is 2. The molecule has 3 aliphatic rings. The maximum Gasteiger partial charge on any atom is 0.248 e. The molecule has 2 aromatic carbocycles. The molecule has 0 radical (unpaired) electrons. The molecule has 5 heteroatoms. The highest BCUT2D eigenvalue weighted by atomic mass is 16.5. The number of amides is 1. The summed E-state index contributed by atoms with van der Waals surface area (Å²) in [5, 5.41) is 19.1. The highest BCUT2D eigenvalue weighted by Gasteiger charge is 2.56. The Morgan fingerprint density at radius 2 is 2.00 bits per heavy atom. The van der Waals surface area contributed by atoms with Crippen LogP contribution in [0.4, 0.5) is 0 Å². The van der Waals surface area contributed by atoms with Gasteiger partial charge in [-0.2, -0.15) is 0 Å². The molecule has 2 fully saturated rings. The zero-order valence-electron chi connectivity index (χ0n) is 18.3. The van der Waals surface area contributed by atoms with Crippen LogP contribution in [-0.2, 0) is 11.2 Å². The minimum Gasteiger partial charge on any atom is -0.366 e. The van der Waals surface area contributed by atoms with E-state index in [1.54, 1.807) is 18.2 Å². The first kappa shape index (κ1) is 21.1. The molecule has 2 saturated carbocycles. The van der Waals surface area contributed by atoms with E-state index in [4.69, 9.17) is 5.73 Å². The van der Waals surface area contributed by atoms with E-state index in [0.717, 1.165) is 43.2 Å². The molecule has 4 atom stereocenters. The molecule has 4 N–H and O–H groups in total. The Labute approximate surface area is 188 Å². The van der Waals surface area contributed by atoms with Crippen molar-refractivity contribution >= 4 is 17.8 Å². The molecule has 166 valence electrons. The van der Waals surface area contributed by atoms with Crippen molar-refractivity contribution in [1.82, 2.24) is 0 Å². The maximum atomic E-state index is 13.5. The minimum atomic E-state index is -1.44. The first-order valence-corrected chi connectivity index (χ1v) is 11.4. The van der Waals surface area contributed by atoms with Crippen LogP contribution in [0.25, 0.3) is 6.08 Å². The van der Waals surface area contributed by atoms with Crippen LogP contribution < -0.4 is 5.73 Å². The van der Waals surface area contributed by atoms with Gasteiger partial charge in [-0.25, -0.2) is 0 Å². The lowest BCUT2D eigenvalue weighted by molar-refractivity contribution is -0.127. The van der Waals surface area contributed by atoms with Crippen LogP contribution in [0.5, 0.6) is 0 Å². The molecule has 0 saturated heterocycles. The summed E-state index contributed by atoms with van der Waals surface area (Å²) in [6.07, 6.45) is 5.01. The highest BCUT2D eigenvalue weighted by Crippen LogP contribution is 2.60. The molecule has 1 amide bonds. The molecule has 0 aromatic heterocycles. The third-order valence-electron chi connectivity index (χ3n) is 8.20. The van der Waals surface area contributed by atoms with Gasteiger partial charge in [0, 0.05) is 16.5 Å². The van der Waals surface area contributed by atoms with Gasteiger partial charge >= 0.3 is 0 Å². The van der Waals surface area contributed by atoms with Gasteiger partial charge in [0.1, 0.15) is 0 Å². The highest BCUT2D eigenvalue weighted by molar-refractivity contribution is 6.06. The van der Waals surface area contributed by atoms with Crippen LogP contribution >= 0.6 is 0 Å². The van der Waals surface area contributed by atoms with Gasteiger partial charge in [0.2, 0.25) is 5.91 Å². The summed E-state index contributed by atoms with van der Waals surface area (Å²) < 4.78 is 0. The summed E-state index contributed by atoms with van der Waals surface area (Å²) >= 11 is 0. The maximum absolute atomic E-state index is 13.5. The van der Waals surface area contributed by atoms with Gasteiger partial charge in [-0.1, -0.05) is 37.3 Å². The summed E-state index contributed by atoms with van der Waals surface area (Å²) in [6, 6.07) is 13.0. The van der Waals surface area contributed by atoms with Crippen molar-refractivity contribution < 1.29 is 19.8 Å². The first-order valence-electron chi connectivity index (χ1n) is 11.4. The standard InChI is InChI=1S/C27H29NO4/c1-27-10-9-21-20-7-6-18(26(31)32)13-16(20)5-8-22(21)23(27)14-19(24(27)29)12-15-3-2-4-17(11-15)25(28)30/h2-4,6-7,11-13,21-23,26,31-32H,5,8-10,14H2,1H3,(H2,28,30)/b19-12+/t21-,22-,23+,27+/m1/s1. The fourth-order valence-corrected chi connectivity index (χ4v) is 6.55. The number of nitrogens with two attached hydrogens (primary N) is 1. The third kappa shape index (κ3) is 3.31. The molecule has 0 spiro atoms. The number of Topliss-reactive ketones (excluding diaryl/α,β-unsaturated/α-hetero) is 1. The van der Waals surface area contributed by atoms with Gasteiger partial charge in [0.15, 0.2) is 12.1 Å². The Balaban J connectivity index is 1.46. The number of carbonyl (C=O) groups is 2. The van der Waals surface area contributed by atoms with Crippen LogP contribution in [0, 0.1) is 17.3 Å². The van der Waals surface area contributed by atoms with Crippen molar-refractivity contribution in [3.05, 3.63) is 75.9 Å². The molecule has 5 rings (SSSR count). The lowest BCUT2D eigenvalue weighted by atomic mass is 9.55. The second kappa shape index (κ2) is 7.68. The molecule has 0 heterocycles. The van der Waals surface area contributed by atoms with Crippen LogP contribution in [0.1, 0.15) is 77.4 Å². The number of aliphatic hydroxyl groups excluding tert-OH is 1. The number of primary amides is 1. The van der Waals surface area contributed by atoms with Crippen molar-refractivity contribution in [1.29, 1.82) is 0 Å². The Morgan fingerprint density at radius 1 is 1.19 bits per heavy atom. The van der Waals surface area contributed by atoms with E-state index in [0.29, 0.717) is 28.9 Å². The van der Waals surface area contributed by atoms with E-state index in [1.807, 2.05) is 24.3 Å². The zero-order valence-corrected chi connectivity index (χ0v) is 18.3. The largest absolute Gasteiger partial charge is 0.366 e. The lowest BCUT2D eigenvalue weighted by Gasteiger charge is -2.48. The van der Waals surface area contributed by atoms with Gasteiger partial charge in [-0.05, 0) is 90.3 Å². The summed E-state index contributed by atoms with van der Waals surface area (Å²) in [5.41, 5.74) is 10.3. The van der Waals surface area contributed by atoms with E-state index in [2.05, 4.69) is 13.0 Å². The molecular formula is C27H29NO4. The third-order valence-corrected chi connectivity index (χ3v) is 8.20. The Morgan fingerprint density at radius 3 is 2.75 bits per heavy atom. The summed E-state index contributed by atoms with van der Waals surface area (Å²) in [5.74, 6) is 0.930.